The molecule has 0 fully saturated rings. The Morgan fingerprint density at radius 3 is 2.86 bits per heavy atom. The number of halogens is 1. The lowest BCUT2D eigenvalue weighted by Crippen LogP contribution is -1.92. The normalized spacial score (nSPS) is 10.1. The molecular formula is C8H6FN3O2. The third kappa shape index (κ3) is 1.41. The predicted octanol–water partition coefficient (Wildman–Crippen LogP) is 1.28. The van der Waals surface area contributed by atoms with Gasteiger partial charge in [-0.2, -0.15) is 4.98 Å². The first kappa shape index (κ1) is 8.61. The highest BCUT2D eigenvalue weighted by Crippen LogP contribution is 2.20. The van der Waals surface area contributed by atoms with Crippen LogP contribution in [-0.4, -0.2) is 22.2 Å². The highest BCUT2D eigenvalue weighted by molar-refractivity contribution is 5.53. The first-order valence-electron chi connectivity index (χ1n) is 3.77. The van der Waals surface area contributed by atoms with Crippen molar-refractivity contribution in [2.45, 2.75) is 0 Å². The number of pyridine rings is 1. The second kappa shape index (κ2) is 3.41. The van der Waals surface area contributed by atoms with Crippen LogP contribution in [0.25, 0.3) is 11.4 Å². The van der Waals surface area contributed by atoms with Crippen molar-refractivity contribution in [2.24, 2.45) is 0 Å². The summed E-state index contributed by atoms with van der Waals surface area (Å²) in [6.45, 7) is 0. The highest BCUT2D eigenvalue weighted by atomic mass is 19.1. The highest BCUT2D eigenvalue weighted by Gasteiger charge is 2.11. The molecule has 2 heterocycles. The van der Waals surface area contributed by atoms with E-state index in [-0.39, 0.29) is 17.3 Å². The van der Waals surface area contributed by atoms with Gasteiger partial charge in [0.05, 0.1) is 12.7 Å². The molecule has 0 N–H and O–H groups in total. The van der Waals surface area contributed by atoms with Gasteiger partial charge in [0.1, 0.15) is 5.82 Å². The van der Waals surface area contributed by atoms with Crippen LogP contribution in [0.1, 0.15) is 0 Å². The number of hydrogen-bond donors (Lipinski definition) is 0. The van der Waals surface area contributed by atoms with Crippen molar-refractivity contribution in [3.05, 3.63) is 24.5 Å². The predicted molar refractivity (Wildman–Crippen MR) is 44.0 cm³/mol. The fraction of sp³-hybridized carbons (Fsp3) is 0.125. The third-order valence-electron chi connectivity index (χ3n) is 1.64. The van der Waals surface area contributed by atoms with Crippen LogP contribution >= 0.6 is 0 Å². The van der Waals surface area contributed by atoms with E-state index in [1.165, 1.54) is 13.3 Å². The minimum atomic E-state index is -0.502. The molecule has 5 nitrogen and oxygen atoms in total. The Labute approximate surface area is 78.5 Å². The van der Waals surface area contributed by atoms with Gasteiger partial charge >= 0.3 is 0 Å². The van der Waals surface area contributed by atoms with Gasteiger partial charge in [-0.3, -0.25) is 0 Å². The van der Waals surface area contributed by atoms with Crippen LogP contribution in [-0.2, 0) is 0 Å². The molecule has 0 radical (unpaired) electrons. The van der Waals surface area contributed by atoms with E-state index >= 15 is 0 Å². The molecule has 6 heteroatoms. The number of methoxy groups -OCH3 is 1. The van der Waals surface area contributed by atoms with Crippen LogP contribution < -0.4 is 4.74 Å². The lowest BCUT2D eigenvalue weighted by molar-refractivity contribution is 0.394. The Hall–Kier alpha value is -1.98. The Balaban J connectivity index is 2.46. The molecule has 0 saturated carbocycles. The molecule has 0 aromatic carbocycles. The molecule has 0 bridgehead atoms. The monoisotopic (exact) mass is 195 g/mol. The number of nitrogens with zero attached hydrogens (tertiary/aromatic N) is 3. The zero-order valence-corrected chi connectivity index (χ0v) is 7.27. The van der Waals surface area contributed by atoms with Crippen molar-refractivity contribution in [3.63, 3.8) is 0 Å². The number of rotatable bonds is 2. The van der Waals surface area contributed by atoms with Crippen LogP contribution in [0.15, 0.2) is 23.2 Å². The van der Waals surface area contributed by atoms with Crippen molar-refractivity contribution in [3.8, 4) is 17.3 Å². The van der Waals surface area contributed by atoms with Crippen LogP contribution in [0, 0.1) is 5.82 Å². The van der Waals surface area contributed by atoms with E-state index in [9.17, 15) is 4.39 Å². The molecule has 2 aromatic rings. The average Bonchev–Trinajstić information content (AvgIpc) is 2.70. The molecule has 0 aliphatic heterocycles. The quantitative estimate of drug-likeness (QED) is 0.722. The number of hydrogen-bond acceptors (Lipinski definition) is 5. The summed E-state index contributed by atoms with van der Waals surface area (Å²) in [5, 5.41) is 3.50. The van der Waals surface area contributed by atoms with E-state index in [4.69, 9.17) is 4.74 Å². The second-order valence-electron chi connectivity index (χ2n) is 2.46. The molecule has 0 atom stereocenters. The minimum absolute atomic E-state index is 0.164. The first-order chi connectivity index (χ1) is 6.81. The summed E-state index contributed by atoms with van der Waals surface area (Å²) in [4.78, 5) is 7.53. The Bertz CT molecular complexity index is 430. The molecule has 2 aromatic heterocycles. The van der Waals surface area contributed by atoms with E-state index in [2.05, 4.69) is 19.6 Å². The SMILES string of the molecule is COc1cc(F)c(-c2ncon2)cn1. The smallest absolute Gasteiger partial charge is 0.215 e. The molecule has 0 amide bonds. The molecule has 0 spiro atoms. The van der Waals surface area contributed by atoms with Gasteiger partial charge in [-0.05, 0) is 0 Å². The van der Waals surface area contributed by atoms with E-state index in [1.807, 2.05) is 0 Å². The van der Waals surface area contributed by atoms with Gasteiger partial charge < -0.3 is 9.26 Å². The van der Waals surface area contributed by atoms with E-state index in [0.717, 1.165) is 12.5 Å². The molecule has 0 aliphatic rings. The van der Waals surface area contributed by atoms with Crippen LogP contribution in [0.4, 0.5) is 4.39 Å². The fourth-order valence-corrected chi connectivity index (χ4v) is 0.979. The standard InChI is InChI=1S/C8H6FN3O2/c1-13-7-2-6(9)5(3-10-7)8-11-4-14-12-8/h2-4H,1H3. The van der Waals surface area contributed by atoms with Gasteiger partial charge in [0.25, 0.3) is 0 Å². The van der Waals surface area contributed by atoms with Gasteiger partial charge in [-0.1, -0.05) is 5.16 Å². The summed E-state index contributed by atoms with van der Waals surface area (Å²) in [6, 6.07) is 1.16. The largest absolute Gasteiger partial charge is 0.481 e. The lowest BCUT2D eigenvalue weighted by atomic mass is 10.2. The average molecular weight is 195 g/mol. The summed E-state index contributed by atoms with van der Waals surface area (Å²) < 4.78 is 22.6. The van der Waals surface area contributed by atoms with Crippen LogP contribution in [0.5, 0.6) is 5.88 Å². The summed E-state index contributed by atoms with van der Waals surface area (Å²) in [6.07, 6.45) is 2.41. The Morgan fingerprint density at radius 1 is 1.43 bits per heavy atom. The summed E-state index contributed by atoms with van der Waals surface area (Å²) in [7, 11) is 1.41. The maximum atomic E-state index is 13.4. The Kier molecular flexibility index (Phi) is 2.10. The maximum absolute atomic E-state index is 13.4. The number of aromatic nitrogens is 3. The lowest BCUT2D eigenvalue weighted by Gasteiger charge is -2.00. The van der Waals surface area contributed by atoms with E-state index in [0.29, 0.717) is 0 Å². The van der Waals surface area contributed by atoms with Gasteiger partial charge in [0.15, 0.2) is 0 Å². The second-order valence-corrected chi connectivity index (χ2v) is 2.46. The van der Waals surface area contributed by atoms with Crippen molar-refractivity contribution < 1.29 is 13.7 Å². The van der Waals surface area contributed by atoms with Crippen molar-refractivity contribution >= 4 is 0 Å². The van der Waals surface area contributed by atoms with E-state index in [1.54, 1.807) is 0 Å². The Morgan fingerprint density at radius 2 is 2.29 bits per heavy atom. The summed E-state index contributed by atoms with van der Waals surface area (Å²) >= 11 is 0. The summed E-state index contributed by atoms with van der Waals surface area (Å²) in [5.74, 6) is -0.134. The van der Waals surface area contributed by atoms with Gasteiger partial charge in [-0.15, -0.1) is 0 Å². The molecular weight excluding hydrogens is 189 g/mol. The fourth-order valence-electron chi connectivity index (χ4n) is 0.979. The molecule has 0 unspecified atom stereocenters. The topological polar surface area (TPSA) is 61.0 Å². The minimum Gasteiger partial charge on any atom is -0.481 e. The zero-order valence-electron chi connectivity index (χ0n) is 7.27. The molecule has 2 rings (SSSR count). The maximum Gasteiger partial charge on any atom is 0.215 e. The van der Waals surface area contributed by atoms with Crippen molar-refractivity contribution in [2.75, 3.05) is 7.11 Å². The van der Waals surface area contributed by atoms with Gasteiger partial charge in [0.2, 0.25) is 18.1 Å². The van der Waals surface area contributed by atoms with Crippen molar-refractivity contribution in [1.29, 1.82) is 0 Å². The zero-order chi connectivity index (χ0) is 9.97. The van der Waals surface area contributed by atoms with Gasteiger partial charge in [0, 0.05) is 12.3 Å². The third-order valence-corrected chi connectivity index (χ3v) is 1.64. The molecule has 14 heavy (non-hydrogen) atoms. The first-order valence-corrected chi connectivity index (χ1v) is 3.77. The van der Waals surface area contributed by atoms with Crippen LogP contribution in [0.3, 0.4) is 0 Å². The van der Waals surface area contributed by atoms with Gasteiger partial charge in [-0.25, -0.2) is 9.37 Å². The number of ether oxygens (including phenoxy) is 1. The van der Waals surface area contributed by atoms with E-state index < -0.39 is 5.82 Å². The molecule has 0 saturated heterocycles. The summed E-state index contributed by atoms with van der Waals surface area (Å²) in [5.41, 5.74) is 0.180. The van der Waals surface area contributed by atoms with Crippen LogP contribution in [0.2, 0.25) is 0 Å². The molecule has 72 valence electrons. The van der Waals surface area contributed by atoms with Crippen molar-refractivity contribution in [1.82, 2.24) is 15.1 Å². The molecule has 0 aliphatic carbocycles.